The molecule has 0 radical (unpaired) electrons. The van der Waals surface area contributed by atoms with Gasteiger partial charge in [-0.15, -0.1) is 0 Å². The lowest BCUT2D eigenvalue weighted by Crippen LogP contribution is -2.58. The van der Waals surface area contributed by atoms with Crippen LogP contribution in [-0.4, -0.2) is 44.6 Å². The van der Waals surface area contributed by atoms with Crippen molar-refractivity contribution in [2.24, 2.45) is 0 Å². The van der Waals surface area contributed by atoms with Crippen molar-refractivity contribution in [1.29, 1.82) is 0 Å². The molecule has 2 aromatic carbocycles. The van der Waals surface area contributed by atoms with E-state index in [1.54, 1.807) is 0 Å². The molecule has 1 saturated heterocycles. The number of aromatic nitrogens is 1. The van der Waals surface area contributed by atoms with Crippen LogP contribution in [0.25, 0.3) is 10.9 Å². The molecule has 1 fully saturated rings. The van der Waals surface area contributed by atoms with Crippen LogP contribution in [0.2, 0.25) is 5.02 Å². The molecule has 7 heteroatoms. The van der Waals surface area contributed by atoms with Crippen LogP contribution in [0, 0.1) is 0 Å². The Morgan fingerprint density at radius 2 is 1.93 bits per heavy atom. The number of rotatable bonds is 6. The summed E-state index contributed by atoms with van der Waals surface area (Å²) in [6.45, 7) is 4.52. The van der Waals surface area contributed by atoms with E-state index in [1.165, 1.54) is 23.2 Å². The van der Waals surface area contributed by atoms with E-state index in [1.807, 2.05) is 18.2 Å². The van der Waals surface area contributed by atoms with E-state index in [2.05, 4.69) is 45.1 Å². The summed E-state index contributed by atoms with van der Waals surface area (Å²) in [7, 11) is -2.98. The molecular formula is C23H26ClN3O2S. The van der Waals surface area contributed by atoms with Gasteiger partial charge >= 0.3 is 0 Å². The fourth-order valence-corrected chi connectivity index (χ4v) is 5.81. The van der Waals surface area contributed by atoms with Gasteiger partial charge in [-0.25, -0.2) is 8.42 Å². The monoisotopic (exact) mass is 443 g/mol. The summed E-state index contributed by atoms with van der Waals surface area (Å²) < 4.78 is 25.5. The number of para-hydroxylation sites is 1. The Labute approximate surface area is 182 Å². The first-order chi connectivity index (χ1) is 14.3. The first-order valence-corrected chi connectivity index (χ1v) is 12.8. The van der Waals surface area contributed by atoms with Crippen LogP contribution in [0.4, 0.5) is 5.69 Å². The van der Waals surface area contributed by atoms with Gasteiger partial charge in [0, 0.05) is 65.2 Å². The lowest BCUT2D eigenvalue weighted by molar-refractivity contribution is 0.295. The zero-order chi connectivity index (χ0) is 20.9. The number of hydrogen-bond donors (Lipinski definition) is 1. The Morgan fingerprint density at radius 3 is 2.67 bits per heavy atom. The van der Waals surface area contributed by atoms with Gasteiger partial charge in [0.1, 0.15) is 9.84 Å². The molecule has 5 nitrogen and oxygen atoms in total. The largest absolute Gasteiger partial charge is 0.364 e. The number of sulfone groups is 1. The lowest BCUT2D eigenvalue weighted by Gasteiger charge is -2.40. The van der Waals surface area contributed by atoms with Crippen LogP contribution >= 0.6 is 11.6 Å². The molecule has 2 aliphatic heterocycles. The zero-order valence-electron chi connectivity index (χ0n) is 17.1. The van der Waals surface area contributed by atoms with Gasteiger partial charge in [-0.2, -0.15) is 0 Å². The van der Waals surface area contributed by atoms with Gasteiger partial charge in [0.05, 0.1) is 12.3 Å². The van der Waals surface area contributed by atoms with E-state index < -0.39 is 9.84 Å². The number of benzene rings is 2. The van der Waals surface area contributed by atoms with E-state index in [0.717, 1.165) is 37.1 Å². The maximum Gasteiger partial charge on any atom is 0.147 e. The van der Waals surface area contributed by atoms with Crippen molar-refractivity contribution in [3.05, 3.63) is 64.8 Å². The molecule has 3 aromatic rings. The Morgan fingerprint density at radius 1 is 1.13 bits per heavy atom. The third-order valence-corrected chi connectivity index (χ3v) is 7.70. The zero-order valence-corrected chi connectivity index (χ0v) is 18.6. The van der Waals surface area contributed by atoms with Crippen LogP contribution < -0.4 is 10.2 Å². The molecule has 0 aliphatic carbocycles. The molecular weight excluding hydrogens is 418 g/mol. The summed E-state index contributed by atoms with van der Waals surface area (Å²) in [6, 6.07) is 16.9. The highest BCUT2D eigenvalue weighted by molar-refractivity contribution is 7.90. The van der Waals surface area contributed by atoms with Gasteiger partial charge in [-0.1, -0.05) is 29.8 Å². The first-order valence-electron chi connectivity index (χ1n) is 10.4. The van der Waals surface area contributed by atoms with Crippen LogP contribution in [0.5, 0.6) is 0 Å². The topological polar surface area (TPSA) is 54.3 Å². The van der Waals surface area contributed by atoms with Crippen LogP contribution in [-0.2, 0) is 28.3 Å². The third-order valence-electron chi connectivity index (χ3n) is 6.44. The maximum atomic E-state index is 11.6. The summed E-state index contributed by atoms with van der Waals surface area (Å²) in [5, 5.41) is 5.26. The molecule has 0 atom stereocenters. The second-order valence-corrected chi connectivity index (χ2v) is 11.4. The number of hydrogen-bond acceptors (Lipinski definition) is 4. The van der Waals surface area contributed by atoms with Crippen molar-refractivity contribution < 1.29 is 8.42 Å². The smallest absolute Gasteiger partial charge is 0.147 e. The van der Waals surface area contributed by atoms with Crippen molar-refractivity contribution in [1.82, 2.24) is 9.88 Å². The minimum Gasteiger partial charge on any atom is -0.364 e. The van der Waals surface area contributed by atoms with E-state index in [9.17, 15) is 8.42 Å². The molecule has 3 heterocycles. The maximum absolute atomic E-state index is 11.6. The summed E-state index contributed by atoms with van der Waals surface area (Å²) >= 11 is 6.24. The second kappa shape index (κ2) is 7.29. The lowest BCUT2D eigenvalue weighted by atomic mass is 9.77. The van der Waals surface area contributed by atoms with Gasteiger partial charge in [-0.3, -0.25) is 0 Å². The Hall–Kier alpha value is -2.02. The highest BCUT2D eigenvalue weighted by Crippen LogP contribution is 2.43. The summed E-state index contributed by atoms with van der Waals surface area (Å²) in [4.78, 5) is 2.47. The molecule has 30 heavy (non-hydrogen) atoms. The average molecular weight is 444 g/mol. The number of nitrogens with zero attached hydrogens (tertiary/aromatic N) is 2. The molecule has 2 aliphatic rings. The van der Waals surface area contributed by atoms with Crippen LogP contribution in [0.1, 0.15) is 17.7 Å². The minimum atomic E-state index is -2.98. The van der Waals surface area contributed by atoms with Gasteiger partial charge in [0.25, 0.3) is 0 Å². The Bertz CT molecular complexity index is 1210. The van der Waals surface area contributed by atoms with E-state index in [0.29, 0.717) is 18.0 Å². The number of halogens is 1. The molecule has 158 valence electrons. The predicted octanol–water partition coefficient (Wildman–Crippen LogP) is 3.59. The van der Waals surface area contributed by atoms with Crippen molar-refractivity contribution in [2.75, 3.05) is 36.5 Å². The fraction of sp³-hybridized carbons (Fsp3) is 0.391. The highest BCUT2D eigenvalue weighted by Gasteiger charge is 2.46. The van der Waals surface area contributed by atoms with Gasteiger partial charge in [0.2, 0.25) is 0 Å². The van der Waals surface area contributed by atoms with Crippen molar-refractivity contribution in [2.45, 2.75) is 24.9 Å². The molecule has 0 bridgehead atoms. The normalized spacial score (nSPS) is 17.5. The number of nitrogens with one attached hydrogen (secondary N) is 1. The van der Waals surface area contributed by atoms with Crippen molar-refractivity contribution in [3.8, 4) is 0 Å². The van der Waals surface area contributed by atoms with Crippen LogP contribution in [0.3, 0.4) is 0 Å². The summed E-state index contributed by atoms with van der Waals surface area (Å²) in [5.41, 5.74) is 5.26. The second-order valence-electron chi connectivity index (χ2n) is 8.73. The van der Waals surface area contributed by atoms with Crippen molar-refractivity contribution in [3.63, 3.8) is 0 Å². The molecule has 1 aromatic heterocycles. The third kappa shape index (κ3) is 3.51. The first kappa shape index (κ1) is 19.9. The molecule has 0 saturated carbocycles. The number of fused-ring (bicyclic) bond motifs is 3. The van der Waals surface area contributed by atoms with Gasteiger partial charge < -0.3 is 14.8 Å². The summed E-state index contributed by atoms with van der Waals surface area (Å²) in [6.07, 6.45) is 1.90. The van der Waals surface area contributed by atoms with Crippen LogP contribution in [0.15, 0.2) is 48.5 Å². The molecule has 0 unspecified atom stereocenters. The molecule has 1 spiro atoms. The van der Waals surface area contributed by atoms with Gasteiger partial charge in [0.15, 0.2) is 0 Å². The Balaban J connectivity index is 1.49. The minimum absolute atomic E-state index is 0.195. The standard InChI is InChI=1S/C23H26ClN3O2S/c1-30(28,29)10-4-9-27-19(12-17-11-18(24)7-8-21(17)27)13-26-16-23(14-25-15-23)20-5-2-3-6-22(20)26/h2-3,5-8,11-12,25H,4,9-10,13-16H2,1H3. The number of anilines is 1. The fourth-order valence-electron chi connectivity index (χ4n) is 4.98. The molecule has 1 N–H and O–H groups in total. The van der Waals surface area contributed by atoms with E-state index >= 15 is 0 Å². The molecule has 5 rings (SSSR count). The van der Waals surface area contributed by atoms with Gasteiger partial charge in [-0.05, 0) is 42.3 Å². The quantitative estimate of drug-likeness (QED) is 0.632. The van der Waals surface area contributed by atoms with E-state index in [-0.39, 0.29) is 11.2 Å². The summed E-state index contributed by atoms with van der Waals surface area (Å²) in [5.74, 6) is 0.195. The number of aryl methyl sites for hydroxylation is 1. The predicted molar refractivity (Wildman–Crippen MR) is 123 cm³/mol. The average Bonchev–Trinajstić information content (AvgIpc) is 3.17. The SMILES string of the molecule is CS(=O)(=O)CCCn1c(CN2CC3(CNC3)c3ccccc32)cc2cc(Cl)ccc21. The molecule has 0 amide bonds. The van der Waals surface area contributed by atoms with E-state index in [4.69, 9.17) is 11.6 Å². The highest BCUT2D eigenvalue weighted by atomic mass is 35.5. The Kier molecular flexibility index (Phi) is 4.84. The van der Waals surface area contributed by atoms with Crippen molar-refractivity contribution >= 4 is 38.0 Å².